The zero-order chi connectivity index (χ0) is 11.8. The molecule has 1 aromatic rings. The fraction of sp³-hybridized carbons (Fsp3) is 0.500. The maximum absolute atomic E-state index is 12.3. The molecule has 0 aromatic heterocycles. The second kappa shape index (κ2) is 4.02. The number of nitrogens with one attached hydrogen (secondary N) is 1. The minimum atomic E-state index is -0.101. The van der Waals surface area contributed by atoms with Gasteiger partial charge in [-0.15, -0.1) is 0 Å². The minimum absolute atomic E-state index is 0.101. The van der Waals surface area contributed by atoms with Crippen molar-refractivity contribution in [2.24, 2.45) is 5.41 Å². The zero-order valence-electron chi connectivity index (χ0n) is 10.3. The molecule has 0 bridgehead atoms. The number of benzene rings is 1. The van der Waals surface area contributed by atoms with Crippen molar-refractivity contribution in [3.63, 3.8) is 0 Å². The molecule has 1 aliphatic rings. The van der Waals surface area contributed by atoms with E-state index in [1.165, 1.54) is 11.1 Å². The Morgan fingerprint density at radius 2 is 2.00 bits per heavy atom. The Balaban J connectivity index is 2.24. The van der Waals surface area contributed by atoms with Crippen LogP contribution in [0.25, 0.3) is 0 Å². The van der Waals surface area contributed by atoms with Gasteiger partial charge in [-0.3, -0.25) is 4.79 Å². The summed E-state index contributed by atoms with van der Waals surface area (Å²) in [6, 6.07) is 6.02. The number of carbonyl (C=O) groups is 1. The van der Waals surface area contributed by atoms with E-state index in [0.29, 0.717) is 5.78 Å². The number of ketones is 1. The Morgan fingerprint density at radius 3 is 2.50 bits per heavy atom. The number of hydrogen-bond acceptors (Lipinski definition) is 2. The van der Waals surface area contributed by atoms with Gasteiger partial charge in [0.05, 0.1) is 0 Å². The molecule has 1 aliphatic carbocycles. The van der Waals surface area contributed by atoms with Crippen molar-refractivity contribution >= 4 is 5.78 Å². The van der Waals surface area contributed by atoms with E-state index >= 15 is 0 Å². The predicted octanol–water partition coefficient (Wildman–Crippen LogP) is 2.49. The summed E-state index contributed by atoms with van der Waals surface area (Å²) in [7, 11) is 1.91. The molecule has 2 nitrogen and oxygen atoms in total. The average molecular weight is 217 g/mol. The third kappa shape index (κ3) is 1.90. The molecule has 1 N–H and O–H groups in total. The Hall–Kier alpha value is -1.15. The van der Waals surface area contributed by atoms with Gasteiger partial charge < -0.3 is 5.32 Å². The van der Waals surface area contributed by atoms with E-state index in [1.807, 2.05) is 25.2 Å². The molecule has 1 fully saturated rings. The highest BCUT2D eigenvalue weighted by molar-refractivity contribution is 6.02. The highest BCUT2D eigenvalue weighted by Crippen LogP contribution is 2.47. The first-order valence-electron chi connectivity index (χ1n) is 5.86. The van der Waals surface area contributed by atoms with Crippen LogP contribution in [0.5, 0.6) is 0 Å². The monoisotopic (exact) mass is 217 g/mol. The molecule has 0 spiro atoms. The van der Waals surface area contributed by atoms with Gasteiger partial charge >= 0.3 is 0 Å². The van der Waals surface area contributed by atoms with Gasteiger partial charge in [0.2, 0.25) is 0 Å². The Morgan fingerprint density at radius 1 is 1.31 bits per heavy atom. The fourth-order valence-corrected chi connectivity index (χ4v) is 2.16. The summed E-state index contributed by atoms with van der Waals surface area (Å²) in [6.45, 7) is 4.94. The van der Waals surface area contributed by atoms with Gasteiger partial charge in [-0.25, -0.2) is 0 Å². The zero-order valence-corrected chi connectivity index (χ0v) is 10.3. The van der Waals surface area contributed by atoms with Gasteiger partial charge in [-0.1, -0.05) is 12.1 Å². The second-order valence-electron chi connectivity index (χ2n) is 4.94. The third-order valence-corrected chi connectivity index (χ3v) is 3.62. The highest BCUT2D eigenvalue weighted by Gasteiger charge is 2.49. The summed E-state index contributed by atoms with van der Waals surface area (Å²) in [6.07, 6.45) is 2.05. The van der Waals surface area contributed by atoms with E-state index in [-0.39, 0.29) is 5.41 Å². The molecule has 0 atom stereocenters. The molecule has 0 unspecified atom stereocenters. The number of hydrogen-bond donors (Lipinski definition) is 1. The number of carbonyl (C=O) groups excluding carboxylic acids is 1. The smallest absolute Gasteiger partial charge is 0.170 e. The molecule has 0 heterocycles. The molecule has 16 heavy (non-hydrogen) atoms. The Kier molecular flexibility index (Phi) is 2.85. The van der Waals surface area contributed by atoms with Gasteiger partial charge in [0, 0.05) is 17.5 Å². The lowest BCUT2D eigenvalue weighted by Gasteiger charge is -2.14. The largest absolute Gasteiger partial charge is 0.319 e. The molecule has 0 aliphatic heterocycles. The Labute approximate surface area is 97.1 Å². The van der Waals surface area contributed by atoms with Crippen LogP contribution in [0.2, 0.25) is 0 Å². The van der Waals surface area contributed by atoms with Crippen LogP contribution in [0.15, 0.2) is 18.2 Å². The van der Waals surface area contributed by atoms with Crippen molar-refractivity contribution in [2.75, 3.05) is 13.6 Å². The van der Waals surface area contributed by atoms with E-state index in [2.05, 4.69) is 19.2 Å². The molecular formula is C14H19NO. The lowest BCUT2D eigenvalue weighted by atomic mass is 9.93. The fourth-order valence-electron chi connectivity index (χ4n) is 2.16. The molecule has 0 amide bonds. The molecule has 1 aromatic carbocycles. The summed E-state index contributed by atoms with van der Waals surface area (Å²) in [5, 5.41) is 3.13. The second-order valence-corrected chi connectivity index (χ2v) is 4.94. The van der Waals surface area contributed by atoms with E-state index in [9.17, 15) is 4.79 Å². The first-order chi connectivity index (χ1) is 7.59. The van der Waals surface area contributed by atoms with Crippen LogP contribution >= 0.6 is 0 Å². The van der Waals surface area contributed by atoms with Gasteiger partial charge in [0.1, 0.15) is 0 Å². The summed E-state index contributed by atoms with van der Waals surface area (Å²) in [4.78, 5) is 12.3. The first-order valence-corrected chi connectivity index (χ1v) is 5.86. The van der Waals surface area contributed by atoms with E-state index in [0.717, 1.165) is 24.9 Å². The van der Waals surface area contributed by atoms with Crippen LogP contribution in [0.1, 0.15) is 34.3 Å². The standard InChI is InChI=1S/C14H19NO/c1-10-4-5-12(8-11(10)2)13(16)14(6-7-14)9-15-3/h4-5,8,15H,6-7,9H2,1-3H3. The maximum Gasteiger partial charge on any atom is 0.170 e. The van der Waals surface area contributed by atoms with Crippen LogP contribution in [-0.4, -0.2) is 19.4 Å². The molecule has 0 radical (unpaired) electrons. The lowest BCUT2D eigenvalue weighted by molar-refractivity contribution is 0.0900. The van der Waals surface area contributed by atoms with E-state index < -0.39 is 0 Å². The average Bonchev–Trinajstić information content (AvgIpc) is 3.03. The normalized spacial score (nSPS) is 17.2. The predicted molar refractivity (Wildman–Crippen MR) is 65.8 cm³/mol. The SMILES string of the molecule is CNCC1(C(=O)c2ccc(C)c(C)c2)CC1. The lowest BCUT2D eigenvalue weighted by Crippen LogP contribution is -2.28. The molecule has 86 valence electrons. The summed E-state index contributed by atoms with van der Waals surface area (Å²) >= 11 is 0. The molecular weight excluding hydrogens is 198 g/mol. The van der Waals surface area contributed by atoms with Crippen molar-refractivity contribution in [1.82, 2.24) is 5.32 Å². The van der Waals surface area contributed by atoms with Gasteiger partial charge in [-0.2, -0.15) is 0 Å². The summed E-state index contributed by atoms with van der Waals surface area (Å²) in [5.41, 5.74) is 3.22. The number of Topliss-reactive ketones (excluding diaryl/α,β-unsaturated/α-hetero) is 1. The van der Waals surface area contributed by atoms with Gasteiger partial charge in [0.15, 0.2) is 5.78 Å². The van der Waals surface area contributed by atoms with Crippen molar-refractivity contribution < 1.29 is 4.79 Å². The van der Waals surface area contributed by atoms with Crippen molar-refractivity contribution in [2.45, 2.75) is 26.7 Å². The number of rotatable bonds is 4. The Bertz CT molecular complexity index is 419. The van der Waals surface area contributed by atoms with E-state index in [4.69, 9.17) is 0 Å². The van der Waals surface area contributed by atoms with Crippen molar-refractivity contribution in [3.8, 4) is 0 Å². The van der Waals surface area contributed by atoms with E-state index in [1.54, 1.807) is 0 Å². The van der Waals surface area contributed by atoms with Crippen LogP contribution in [0, 0.1) is 19.3 Å². The first kappa shape index (κ1) is 11.3. The topological polar surface area (TPSA) is 29.1 Å². The van der Waals surface area contributed by atoms with Crippen LogP contribution in [0.3, 0.4) is 0 Å². The van der Waals surface area contributed by atoms with Crippen LogP contribution < -0.4 is 5.32 Å². The quantitative estimate of drug-likeness (QED) is 0.785. The number of aryl methyl sites for hydroxylation is 2. The van der Waals surface area contributed by atoms with Crippen molar-refractivity contribution in [3.05, 3.63) is 34.9 Å². The molecule has 0 saturated heterocycles. The van der Waals surface area contributed by atoms with Crippen molar-refractivity contribution in [1.29, 1.82) is 0 Å². The van der Waals surface area contributed by atoms with Gasteiger partial charge in [-0.05, 0) is 50.9 Å². The van der Waals surface area contributed by atoms with Crippen LogP contribution in [-0.2, 0) is 0 Å². The highest BCUT2D eigenvalue weighted by atomic mass is 16.1. The minimum Gasteiger partial charge on any atom is -0.319 e. The van der Waals surface area contributed by atoms with Gasteiger partial charge in [0.25, 0.3) is 0 Å². The maximum atomic E-state index is 12.3. The summed E-state index contributed by atoms with van der Waals surface area (Å²) in [5.74, 6) is 0.310. The van der Waals surface area contributed by atoms with Crippen LogP contribution in [0.4, 0.5) is 0 Å². The molecule has 2 rings (SSSR count). The summed E-state index contributed by atoms with van der Waals surface area (Å²) < 4.78 is 0. The molecule has 2 heteroatoms. The third-order valence-electron chi connectivity index (χ3n) is 3.62. The molecule has 1 saturated carbocycles.